The maximum Gasteiger partial charge on any atom is 0.309 e. The maximum absolute atomic E-state index is 12.3. The second-order valence-corrected chi connectivity index (χ2v) is 5.83. The zero-order chi connectivity index (χ0) is 15.9. The molecule has 0 saturated carbocycles. The minimum atomic E-state index is -0.116. The Balaban J connectivity index is 1.78. The van der Waals surface area contributed by atoms with Crippen molar-refractivity contribution in [2.75, 3.05) is 19.7 Å². The topological polar surface area (TPSA) is 46.6 Å². The molecule has 1 heterocycles. The Morgan fingerprint density at radius 1 is 1.23 bits per heavy atom. The van der Waals surface area contributed by atoms with E-state index in [-0.39, 0.29) is 17.8 Å². The monoisotopic (exact) mass is 303 g/mol. The molecule has 0 spiro atoms. The van der Waals surface area contributed by atoms with E-state index >= 15 is 0 Å². The van der Waals surface area contributed by atoms with Crippen LogP contribution in [0.25, 0.3) is 0 Å². The lowest BCUT2D eigenvalue weighted by Gasteiger charge is -2.31. The van der Waals surface area contributed by atoms with Gasteiger partial charge < -0.3 is 9.64 Å². The highest BCUT2D eigenvalue weighted by Crippen LogP contribution is 2.20. The Hall–Kier alpha value is -1.84. The van der Waals surface area contributed by atoms with Crippen LogP contribution in [-0.2, 0) is 20.7 Å². The van der Waals surface area contributed by atoms with Crippen LogP contribution in [-0.4, -0.2) is 36.5 Å². The predicted molar refractivity (Wildman–Crippen MR) is 85.4 cm³/mol. The van der Waals surface area contributed by atoms with E-state index in [4.69, 9.17) is 4.74 Å². The van der Waals surface area contributed by atoms with Gasteiger partial charge in [-0.2, -0.15) is 0 Å². The molecule has 0 radical (unpaired) electrons. The van der Waals surface area contributed by atoms with Crippen LogP contribution in [0.2, 0.25) is 0 Å². The van der Waals surface area contributed by atoms with Crippen LogP contribution in [0.3, 0.4) is 0 Å². The van der Waals surface area contributed by atoms with E-state index < -0.39 is 0 Å². The quantitative estimate of drug-likeness (QED) is 0.786. The normalized spacial score (nSPS) is 15.6. The molecule has 4 heteroatoms. The van der Waals surface area contributed by atoms with Gasteiger partial charge in [0.1, 0.15) is 0 Å². The number of hydrogen-bond acceptors (Lipinski definition) is 3. The Labute approximate surface area is 132 Å². The molecule has 1 saturated heterocycles. The molecule has 0 unspecified atom stereocenters. The van der Waals surface area contributed by atoms with Gasteiger partial charge in [0.05, 0.1) is 12.5 Å². The second-order valence-electron chi connectivity index (χ2n) is 5.83. The van der Waals surface area contributed by atoms with Crippen LogP contribution in [0.1, 0.15) is 37.3 Å². The lowest BCUT2D eigenvalue weighted by atomic mass is 9.96. The van der Waals surface area contributed by atoms with Crippen molar-refractivity contribution in [3.8, 4) is 0 Å². The fourth-order valence-electron chi connectivity index (χ4n) is 2.92. The summed E-state index contributed by atoms with van der Waals surface area (Å²) in [6.45, 7) is 5.65. The summed E-state index contributed by atoms with van der Waals surface area (Å²) in [7, 11) is 0. The van der Waals surface area contributed by atoms with E-state index in [9.17, 15) is 9.59 Å². The van der Waals surface area contributed by atoms with E-state index in [0.717, 1.165) is 19.3 Å². The molecule has 0 N–H and O–H groups in total. The Kier molecular flexibility index (Phi) is 5.99. The number of rotatable bonds is 5. The standard InChI is InChI=1S/C18H25NO3/c1-3-22-18(21)16-10-12-19(13-11-16)17(20)9-8-15-7-5-4-6-14(15)2/h4-7,16H,3,8-13H2,1-2H3. The van der Waals surface area contributed by atoms with Gasteiger partial charge in [0.25, 0.3) is 0 Å². The molecule has 1 fully saturated rings. The number of benzene rings is 1. The first-order valence-corrected chi connectivity index (χ1v) is 8.10. The van der Waals surface area contributed by atoms with E-state index in [1.54, 1.807) is 0 Å². The number of amides is 1. The largest absolute Gasteiger partial charge is 0.466 e. The fourth-order valence-corrected chi connectivity index (χ4v) is 2.92. The highest BCUT2D eigenvalue weighted by molar-refractivity contribution is 5.77. The summed E-state index contributed by atoms with van der Waals surface area (Å²) >= 11 is 0. The zero-order valence-electron chi connectivity index (χ0n) is 13.5. The van der Waals surface area contributed by atoms with Crippen molar-refractivity contribution in [3.63, 3.8) is 0 Å². The molecule has 0 aliphatic carbocycles. The van der Waals surface area contributed by atoms with Crippen molar-refractivity contribution >= 4 is 11.9 Å². The highest BCUT2D eigenvalue weighted by atomic mass is 16.5. The number of esters is 1. The third kappa shape index (κ3) is 4.33. The average molecular weight is 303 g/mol. The molecule has 22 heavy (non-hydrogen) atoms. The molecule has 2 rings (SSSR count). The molecular formula is C18H25NO3. The molecule has 1 aromatic rings. The van der Waals surface area contributed by atoms with Gasteiger partial charge >= 0.3 is 5.97 Å². The molecule has 4 nitrogen and oxygen atoms in total. The number of piperidine rings is 1. The summed E-state index contributed by atoms with van der Waals surface area (Å²) in [5.74, 6) is 0.0282. The maximum atomic E-state index is 12.3. The summed E-state index contributed by atoms with van der Waals surface area (Å²) in [5.41, 5.74) is 2.47. The van der Waals surface area contributed by atoms with Crippen molar-refractivity contribution in [2.24, 2.45) is 5.92 Å². The number of carbonyl (C=O) groups is 2. The van der Waals surface area contributed by atoms with Gasteiger partial charge in [-0.1, -0.05) is 24.3 Å². The van der Waals surface area contributed by atoms with Gasteiger partial charge in [0, 0.05) is 19.5 Å². The number of hydrogen-bond donors (Lipinski definition) is 0. The van der Waals surface area contributed by atoms with Crippen LogP contribution in [0, 0.1) is 12.8 Å². The third-order valence-corrected chi connectivity index (χ3v) is 4.34. The molecule has 1 aliphatic rings. The van der Waals surface area contributed by atoms with Crippen LogP contribution < -0.4 is 0 Å². The molecule has 0 bridgehead atoms. The number of aryl methyl sites for hydroxylation is 2. The van der Waals surface area contributed by atoms with Crippen molar-refractivity contribution in [1.29, 1.82) is 0 Å². The highest BCUT2D eigenvalue weighted by Gasteiger charge is 2.27. The summed E-state index contributed by atoms with van der Waals surface area (Å²) in [4.78, 5) is 25.9. The van der Waals surface area contributed by atoms with Gasteiger partial charge in [-0.15, -0.1) is 0 Å². The fraction of sp³-hybridized carbons (Fsp3) is 0.556. The lowest BCUT2D eigenvalue weighted by Crippen LogP contribution is -2.40. The molecule has 1 aromatic carbocycles. The van der Waals surface area contributed by atoms with Crippen molar-refractivity contribution < 1.29 is 14.3 Å². The Bertz CT molecular complexity index is 519. The lowest BCUT2D eigenvalue weighted by molar-refractivity contribution is -0.151. The van der Waals surface area contributed by atoms with Gasteiger partial charge in [-0.05, 0) is 44.2 Å². The zero-order valence-corrected chi connectivity index (χ0v) is 13.5. The van der Waals surface area contributed by atoms with Crippen LogP contribution >= 0.6 is 0 Å². The first kappa shape index (κ1) is 16.5. The van der Waals surface area contributed by atoms with E-state index in [0.29, 0.717) is 26.1 Å². The summed E-state index contributed by atoms with van der Waals surface area (Å²) in [5, 5.41) is 0. The number of ether oxygens (including phenoxy) is 1. The minimum Gasteiger partial charge on any atom is -0.466 e. The number of nitrogens with zero attached hydrogens (tertiary/aromatic N) is 1. The minimum absolute atomic E-state index is 0.0413. The number of likely N-dealkylation sites (tertiary alicyclic amines) is 1. The van der Waals surface area contributed by atoms with E-state index in [1.165, 1.54) is 11.1 Å². The van der Waals surface area contributed by atoms with E-state index in [2.05, 4.69) is 19.1 Å². The second kappa shape index (κ2) is 7.97. The molecule has 120 valence electrons. The Morgan fingerprint density at radius 2 is 1.91 bits per heavy atom. The summed E-state index contributed by atoms with van der Waals surface area (Å²) in [6, 6.07) is 8.18. The smallest absolute Gasteiger partial charge is 0.309 e. The molecule has 1 amide bonds. The first-order valence-electron chi connectivity index (χ1n) is 8.10. The van der Waals surface area contributed by atoms with Gasteiger partial charge in [0.15, 0.2) is 0 Å². The van der Waals surface area contributed by atoms with Gasteiger partial charge in [0.2, 0.25) is 5.91 Å². The van der Waals surface area contributed by atoms with Crippen LogP contribution in [0.15, 0.2) is 24.3 Å². The SMILES string of the molecule is CCOC(=O)C1CCN(C(=O)CCc2ccccc2C)CC1. The number of carbonyl (C=O) groups excluding carboxylic acids is 2. The first-order chi connectivity index (χ1) is 10.6. The van der Waals surface area contributed by atoms with Crippen molar-refractivity contribution in [2.45, 2.75) is 39.5 Å². The van der Waals surface area contributed by atoms with Crippen LogP contribution in [0.5, 0.6) is 0 Å². The van der Waals surface area contributed by atoms with E-state index in [1.807, 2.05) is 24.0 Å². The van der Waals surface area contributed by atoms with Crippen molar-refractivity contribution in [3.05, 3.63) is 35.4 Å². The molecular weight excluding hydrogens is 278 g/mol. The van der Waals surface area contributed by atoms with Gasteiger partial charge in [-0.25, -0.2) is 0 Å². The summed E-state index contributed by atoms with van der Waals surface area (Å²) in [6.07, 6.45) is 2.75. The van der Waals surface area contributed by atoms with Crippen molar-refractivity contribution in [1.82, 2.24) is 4.90 Å². The summed E-state index contributed by atoms with van der Waals surface area (Å²) < 4.78 is 5.05. The molecule has 0 atom stereocenters. The molecule has 0 aromatic heterocycles. The van der Waals surface area contributed by atoms with Gasteiger partial charge in [-0.3, -0.25) is 9.59 Å². The Morgan fingerprint density at radius 3 is 2.55 bits per heavy atom. The third-order valence-electron chi connectivity index (χ3n) is 4.34. The molecule has 1 aliphatic heterocycles. The van der Waals surface area contributed by atoms with Crippen LogP contribution in [0.4, 0.5) is 0 Å². The average Bonchev–Trinajstić information content (AvgIpc) is 2.54. The predicted octanol–water partition coefficient (Wildman–Crippen LogP) is 2.73.